The van der Waals surface area contributed by atoms with Crippen LogP contribution < -0.4 is 4.90 Å². The highest BCUT2D eigenvalue weighted by Gasteiger charge is 2.35. The molecule has 0 radical (unpaired) electrons. The first-order chi connectivity index (χ1) is 27.5. The highest BCUT2D eigenvalue weighted by atomic mass is 16.3. The molecule has 56 heavy (non-hydrogen) atoms. The second kappa shape index (κ2) is 11.5. The van der Waals surface area contributed by atoms with Crippen molar-refractivity contribution in [3.05, 3.63) is 187 Å². The summed E-state index contributed by atoms with van der Waals surface area (Å²) in [6.45, 7) is 4.68. The Bertz CT molecular complexity index is 3420. The van der Waals surface area contributed by atoms with Crippen molar-refractivity contribution in [2.45, 2.75) is 19.3 Å². The largest absolute Gasteiger partial charge is 0.456 e. The molecule has 12 rings (SSSR count). The van der Waals surface area contributed by atoms with E-state index in [0.717, 1.165) is 50.0 Å². The van der Waals surface area contributed by atoms with Gasteiger partial charge >= 0.3 is 0 Å². The van der Waals surface area contributed by atoms with Crippen LogP contribution in [0.2, 0.25) is 0 Å². The molecule has 0 saturated heterocycles. The maximum Gasteiger partial charge on any atom is 0.137 e. The van der Waals surface area contributed by atoms with Gasteiger partial charge in [-0.15, -0.1) is 0 Å². The molecule has 264 valence electrons. The van der Waals surface area contributed by atoms with E-state index >= 15 is 0 Å². The molecule has 2 aromatic heterocycles. The second-order valence-corrected chi connectivity index (χ2v) is 15.8. The van der Waals surface area contributed by atoms with E-state index in [-0.39, 0.29) is 5.41 Å². The zero-order valence-electron chi connectivity index (χ0n) is 31.1. The molecule has 0 atom stereocenters. The molecule has 1 aliphatic carbocycles. The first-order valence-electron chi connectivity index (χ1n) is 19.4. The van der Waals surface area contributed by atoms with Gasteiger partial charge in [-0.25, -0.2) is 0 Å². The first-order valence-corrected chi connectivity index (χ1v) is 19.4. The average molecular weight is 717 g/mol. The van der Waals surface area contributed by atoms with Gasteiger partial charge in [0.25, 0.3) is 0 Å². The van der Waals surface area contributed by atoms with Gasteiger partial charge in [0.05, 0.1) is 5.69 Å². The molecule has 0 aliphatic heterocycles. The number of para-hydroxylation sites is 1. The number of rotatable bonds is 4. The number of furan rings is 1. The summed E-state index contributed by atoms with van der Waals surface area (Å²) in [6.07, 6.45) is 0. The number of anilines is 3. The van der Waals surface area contributed by atoms with Gasteiger partial charge in [-0.3, -0.25) is 0 Å². The molecule has 0 unspecified atom stereocenters. The van der Waals surface area contributed by atoms with E-state index in [9.17, 15) is 0 Å². The molecule has 11 aromatic rings. The lowest BCUT2D eigenvalue weighted by molar-refractivity contribution is 0.660. The predicted octanol–water partition coefficient (Wildman–Crippen LogP) is 15.0. The van der Waals surface area contributed by atoms with E-state index in [4.69, 9.17) is 4.42 Å². The number of hydrogen-bond acceptors (Lipinski definition) is 2. The maximum absolute atomic E-state index is 6.45. The molecular weight excluding hydrogens is 681 g/mol. The van der Waals surface area contributed by atoms with Crippen molar-refractivity contribution in [1.82, 2.24) is 4.98 Å². The van der Waals surface area contributed by atoms with Crippen LogP contribution >= 0.6 is 0 Å². The molecule has 0 spiro atoms. The summed E-state index contributed by atoms with van der Waals surface area (Å²) < 4.78 is 6.45. The van der Waals surface area contributed by atoms with Gasteiger partial charge in [0, 0.05) is 60.8 Å². The molecule has 0 bridgehead atoms. The predicted molar refractivity (Wildman–Crippen MR) is 236 cm³/mol. The van der Waals surface area contributed by atoms with Crippen molar-refractivity contribution in [3.8, 4) is 22.3 Å². The highest BCUT2D eigenvalue weighted by Crippen LogP contribution is 2.50. The molecule has 0 saturated carbocycles. The maximum atomic E-state index is 6.45. The van der Waals surface area contributed by atoms with Crippen LogP contribution in [0.1, 0.15) is 25.0 Å². The Balaban J connectivity index is 1.03. The zero-order chi connectivity index (χ0) is 37.1. The van der Waals surface area contributed by atoms with Crippen LogP contribution in [0.3, 0.4) is 0 Å². The van der Waals surface area contributed by atoms with E-state index < -0.39 is 0 Å². The van der Waals surface area contributed by atoms with Gasteiger partial charge < -0.3 is 14.3 Å². The van der Waals surface area contributed by atoms with Crippen molar-refractivity contribution in [2.75, 3.05) is 4.90 Å². The number of H-pyrrole nitrogens is 1. The van der Waals surface area contributed by atoms with Crippen molar-refractivity contribution in [3.63, 3.8) is 0 Å². The Morgan fingerprint density at radius 3 is 1.98 bits per heavy atom. The topological polar surface area (TPSA) is 32.2 Å². The molecule has 2 heterocycles. The summed E-state index contributed by atoms with van der Waals surface area (Å²) in [5.74, 6) is 0. The lowest BCUT2D eigenvalue weighted by Crippen LogP contribution is -2.14. The number of fused-ring (bicyclic) bond motifs is 12. The van der Waals surface area contributed by atoms with Gasteiger partial charge in [-0.05, 0) is 104 Å². The van der Waals surface area contributed by atoms with E-state index in [1.807, 2.05) is 12.1 Å². The lowest BCUT2D eigenvalue weighted by Gasteiger charge is -2.27. The van der Waals surface area contributed by atoms with Crippen molar-refractivity contribution in [2.24, 2.45) is 0 Å². The summed E-state index contributed by atoms with van der Waals surface area (Å²) in [7, 11) is 0. The van der Waals surface area contributed by atoms with Crippen LogP contribution in [-0.2, 0) is 5.41 Å². The standard InChI is InChI=1S/C53H36N2O/c1-53(2)46-17-9-7-14-39(46)44-27-32(19-25-47(44)53)33-20-26-48-45(28-33)40-23-21-35(30-49(40)54-48)55(36-22-24-43-42-16-8-10-18-51(42)56-52(43)31-36)50-29-34-11-3-4-12-37(34)38-13-5-6-15-41(38)50/h3-31,54H,1-2H3. The molecular formula is C53H36N2O. The molecule has 1 aliphatic rings. The monoisotopic (exact) mass is 716 g/mol. The smallest absolute Gasteiger partial charge is 0.137 e. The van der Waals surface area contributed by atoms with E-state index in [2.05, 4.69) is 188 Å². The third-order valence-electron chi connectivity index (χ3n) is 12.4. The number of aromatic amines is 1. The summed E-state index contributed by atoms with van der Waals surface area (Å²) in [5.41, 5.74) is 15.1. The molecule has 9 aromatic carbocycles. The Labute approximate surface area is 324 Å². The summed E-state index contributed by atoms with van der Waals surface area (Å²) >= 11 is 0. The SMILES string of the molecule is CC1(C)c2ccccc2-c2cc(-c3ccc4[nH]c5cc(N(c6ccc7c(c6)oc6ccccc67)c6cc7ccccc7c7ccccc67)ccc5c4c3)ccc21. The first kappa shape index (κ1) is 31.3. The van der Waals surface area contributed by atoms with Crippen LogP contribution in [0, 0.1) is 0 Å². The van der Waals surface area contributed by atoms with Crippen LogP contribution in [0.25, 0.3) is 87.5 Å². The lowest BCUT2D eigenvalue weighted by atomic mass is 9.82. The Morgan fingerprint density at radius 2 is 1.09 bits per heavy atom. The minimum absolute atomic E-state index is 0.00616. The summed E-state index contributed by atoms with van der Waals surface area (Å²) in [6, 6.07) is 64.3. The van der Waals surface area contributed by atoms with E-state index in [1.54, 1.807) is 0 Å². The third kappa shape index (κ3) is 4.46. The third-order valence-corrected chi connectivity index (χ3v) is 12.4. The number of nitrogens with zero attached hydrogens (tertiary/aromatic N) is 1. The number of hydrogen-bond donors (Lipinski definition) is 1. The highest BCUT2D eigenvalue weighted by molar-refractivity contribution is 6.16. The Kier molecular flexibility index (Phi) is 6.40. The molecule has 0 amide bonds. The van der Waals surface area contributed by atoms with Crippen LogP contribution in [0.4, 0.5) is 17.1 Å². The Hall–Kier alpha value is -7.10. The van der Waals surface area contributed by atoms with Crippen molar-refractivity contribution < 1.29 is 4.42 Å². The van der Waals surface area contributed by atoms with Crippen LogP contribution in [0.15, 0.2) is 180 Å². The van der Waals surface area contributed by atoms with Gasteiger partial charge in [0.15, 0.2) is 0 Å². The average Bonchev–Trinajstić information content (AvgIpc) is 3.87. The normalized spacial score (nSPS) is 13.3. The Morgan fingerprint density at radius 1 is 0.429 bits per heavy atom. The van der Waals surface area contributed by atoms with Gasteiger partial charge in [0.1, 0.15) is 11.2 Å². The number of benzene rings is 9. The fourth-order valence-corrected chi connectivity index (χ4v) is 9.61. The van der Waals surface area contributed by atoms with E-state index in [0.29, 0.717) is 0 Å². The van der Waals surface area contributed by atoms with Gasteiger partial charge in [0.2, 0.25) is 0 Å². The van der Waals surface area contributed by atoms with E-state index in [1.165, 1.54) is 65.7 Å². The zero-order valence-corrected chi connectivity index (χ0v) is 31.1. The molecule has 3 nitrogen and oxygen atoms in total. The summed E-state index contributed by atoms with van der Waals surface area (Å²) in [4.78, 5) is 6.18. The molecule has 1 N–H and O–H groups in total. The quantitative estimate of drug-likeness (QED) is 0.184. The summed E-state index contributed by atoms with van der Waals surface area (Å²) in [5, 5.41) is 9.54. The minimum Gasteiger partial charge on any atom is -0.456 e. The minimum atomic E-state index is -0.00616. The van der Waals surface area contributed by atoms with Crippen molar-refractivity contribution >= 4 is 82.4 Å². The van der Waals surface area contributed by atoms with Crippen LogP contribution in [0.5, 0.6) is 0 Å². The van der Waals surface area contributed by atoms with Gasteiger partial charge in [-0.2, -0.15) is 0 Å². The second-order valence-electron chi connectivity index (χ2n) is 15.8. The van der Waals surface area contributed by atoms with Crippen LogP contribution in [-0.4, -0.2) is 4.98 Å². The van der Waals surface area contributed by atoms with Gasteiger partial charge in [-0.1, -0.05) is 129 Å². The fourth-order valence-electron chi connectivity index (χ4n) is 9.61. The molecule has 0 fully saturated rings. The fraction of sp³-hybridized carbons (Fsp3) is 0.0566. The number of nitrogens with one attached hydrogen (secondary N) is 1. The molecule has 3 heteroatoms. The number of aromatic nitrogens is 1. The van der Waals surface area contributed by atoms with Crippen molar-refractivity contribution in [1.29, 1.82) is 0 Å².